The quantitative estimate of drug-likeness (QED) is 0.538. The molecular weight excluding hydrogens is 494 g/mol. The van der Waals surface area contributed by atoms with Crippen LogP contribution in [0.25, 0.3) is 0 Å². The van der Waals surface area contributed by atoms with Crippen molar-refractivity contribution in [3.63, 3.8) is 0 Å². The van der Waals surface area contributed by atoms with Gasteiger partial charge in [0.2, 0.25) is 0 Å². The van der Waals surface area contributed by atoms with Gasteiger partial charge < -0.3 is 19.1 Å². The summed E-state index contributed by atoms with van der Waals surface area (Å²) in [5.74, 6) is 1.98. The fraction of sp³-hybridized carbons (Fsp3) is 0.481. The number of hydrogen-bond acceptors (Lipinski definition) is 6. The SMILES string of the molecule is N#Cc1ccc2c(c1)O[C@@H](CN1CCC(CCN3C(=O)OC[C@@H]3Cc3ccccc3)CC1)CO2.S.S. The Kier molecular flexibility index (Phi) is 10.2. The molecule has 2 aromatic carbocycles. The molecule has 0 aliphatic carbocycles. The lowest BCUT2D eigenvalue weighted by Gasteiger charge is -2.36. The predicted octanol–water partition coefficient (Wildman–Crippen LogP) is 4.09. The molecule has 194 valence electrons. The maximum atomic E-state index is 12.3. The summed E-state index contributed by atoms with van der Waals surface area (Å²) in [5, 5.41) is 9.12. The van der Waals surface area contributed by atoms with Crippen LogP contribution in [0.2, 0.25) is 0 Å². The van der Waals surface area contributed by atoms with Gasteiger partial charge in [0.15, 0.2) is 11.5 Å². The van der Waals surface area contributed by atoms with Crippen LogP contribution in [0.1, 0.15) is 30.4 Å². The Bertz CT molecular complexity index is 1040. The largest absolute Gasteiger partial charge is 0.486 e. The third-order valence-corrected chi connectivity index (χ3v) is 7.13. The van der Waals surface area contributed by atoms with Crippen LogP contribution in [0, 0.1) is 17.2 Å². The van der Waals surface area contributed by atoms with Crippen LogP contribution in [-0.2, 0) is 11.2 Å². The van der Waals surface area contributed by atoms with Crippen molar-refractivity contribution in [3.05, 3.63) is 59.7 Å². The van der Waals surface area contributed by atoms with Gasteiger partial charge >= 0.3 is 6.09 Å². The molecule has 0 N–H and O–H groups in total. The standard InChI is InChI=1S/C27H31N3O4.2H2S/c28-16-22-6-7-25-26(15-22)34-24(19-32-25)17-29-11-8-20(9-12-29)10-13-30-23(18-33-27(30)31)14-21-4-2-1-3-5-21;;/h1-7,15,20,23-24H,8-14,17-19H2;2*1H2/t23-,24-;;/m0../s1. The maximum Gasteiger partial charge on any atom is 0.410 e. The molecule has 2 atom stereocenters. The van der Waals surface area contributed by atoms with Crippen LogP contribution in [0.4, 0.5) is 4.79 Å². The summed E-state index contributed by atoms with van der Waals surface area (Å²) in [6.07, 6.45) is 3.89. The van der Waals surface area contributed by atoms with Crippen molar-refractivity contribution in [1.29, 1.82) is 5.26 Å². The molecule has 7 nitrogen and oxygen atoms in total. The molecule has 1 amide bonds. The number of nitrogens with zero attached hydrogens (tertiary/aromatic N) is 3. The van der Waals surface area contributed by atoms with Crippen molar-refractivity contribution in [2.45, 2.75) is 37.8 Å². The Balaban J connectivity index is 0.00000180. The van der Waals surface area contributed by atoms with Crippen LogP contribution >= 0.6 is 27.0 Å². The van der Waals surface area contributed by atoms with E-state index >= 15 is 0 Å². The smallest absolute Gasteiger partial charge is 0.410 e. The van der Waals surface area contributed by atoms with Crippen molar-refractivity contribution in [2.24, 2.45) is 5.92 Å². The van der Waals surface area contributed by atoms with Crippen LogP contribution in [0.15, 0.2) is 48.5 Å². The first-order chi connectivity index (χ1) is 16.7. The Morgan fingerprint density at radius 2 is 1.75 bits per heavy atom. The van der Waals surface area contributed by atoms with E-state index in [1.807, 2.05) is 23.1 Å². The molecule has 0 unspecified atom stereocenters. The maximum absolute atomic E-state index is 12.3. The predicted molar refractivity (Wildman–Crippen MR) is 148 cm³/mol. The molecule has 3 aliphatic rings. The number of hydrogen-bond donors (Lipinski definition) is 0. The first kappa shape index (κ1) is 28.0. The second-order valence-electron chi connectivity index (χ2n) is 9.47. The van der Waals surface area contributed by atoms with E-state index in [2.05, 4.69) is 23.1 Å². The van der Waals surface area contributed by atoms with Crippen molar-refractivity contribution >= 4 is 33.1 Å². The molecule has 36 heavy (non-hydrogen) atoms. The number of benzene rings is 2. The van der Waals surface area contributed by atoms with Gasteiger partial charge in [-0.05, 0) is 62.4 Å². The minimum atomic E-state index is -0.173. The van der Waals surface area contributed by atoms with Gasteiger partial charge in [0, 0.05) is 19.2 Å². The van der Waals surface area contributed by atoms with Crippen LogP contribution in [0.5, 0.6) is 11.5 Å². The third kappa shape index (κ3) is 6.81. The summed E-state index contributed by atoms with van der Waals surface area (Å²) >= 11 is 0. The number of ether oxygens (including phenoxy) is 3. The first-order valence-corrected chi connectivity index (χ1v) is 12.2. The molecule has 2 fully saturated rings. The molecule has 0 aromatic heterocycles. The van der Waals surface area contributed by atoms with E-state index in [-0.39, 0.29) is 45.2 Å². The monoisotopic (exact) mass is 529 g/mol. The number of likely N-dealkylation sites (tertiary alicyclic amines) is 1. The highest BCUT2D eigenvalue weighted by Crippen LogP contribution is 2.33. The molecule has 2 aromatic rings. The van der Waals surface area contributed by atoms with Gasteiger partial charge in [-0.15, -0.1) is 0 Å². The molecule has 3 aliphatic heterocycles. The number of nitriles is 1. The van der Waals surface area contributed by atoms with Crippen molar-refractivity contribution < 1.29 is 19.0 Å². The highest BCUT2D eigenvalue weighted by atomic mass is 32.1. The summed E-state index contributed by atoms with van der Waals surface area (Å²) in [7, 11) is 0. The Labute approximate surface area is 227 Å². The molecule has 0 bridgehead atoms. The van der Waals surface area contributed by atoms with Crippen LogP contribution in [0.3, 0.4) is 0 Å². The summed E-state index contributed by atoms with van der Waals surface area (Å²) in [4.78, 5) is 16.7. The number of rotatable bonds is 7. The fourth-order valence-corrected chi connectivity index (χ4v) is 5.16. The number of amides is 1. The zero-order chi connectivity index (χ0) is 23.3. The van der Waals surface area contributed by atoms with Crippen LogP contribution < -0.4 is 9.47 Å². The summed E-state index contributed by atoms with van der Waals surface area (Å²) in [6, 6.07) is 17.9. The van der Waals surface area contributed by atoms with E-state index < -0.39 is 0 Å². The molecule has 3 heterocycles. The van der Waals surface area contributed by atoms with Gasteiger partial charge in [-0.3, -0.25) is 4.90 Å². The van der Waals surface area contributed by atoms with E-state index in [0.29, 0.717) is 36.2 Å². The third-order valence-electron chi connectivity index (χ3n) is 7.13. The lowest BCUT2D eigenvalue weighted by molar-refractivity contribution is 0.0465. The minimum absolute atomic E-state index is 0. The lowest BCUT2D eigenvalue weighted by Crippen LogP contribution is -2.44. The van der Waals surface area contributed by atoms with E-state index in [1.165, 1.54) is 5.56 Å². The van der Waals surface area contributed by atoms with Crippen molar-refractivity contribution in [3.8, 4) is 17.6 Å². The second kappa shape index (κ2) is 13.1. The van der Waals surface area contributed by atoms with Crippen molar-refractivity contribution in [1.82, 2.24) is 9.80 Å². The van der Waals surface area contributed by atoms with Crippen LogP contribution in [-0.4, -0.2) is 67.4 Å². The molecular formula is C27H35N3O4S2. The highest BCUT2D eigenvalue weighted by Gasteiger charge is 2.33. The number of piperidine rings is 1. The molecule has 2 saturated heterocycles. The average molecular weight is 530 g/mol. The van der Waals surface area contributed by atoms with Gasteiger partial charge in [0.25, 0.3) is 0 Å². The lowest BCUT2D eigenvalue weighted by atomic mass is 9.93. The van der Waals surface area contributed by atoms with Gasteiger partial charge in [0.1, 0.15) is 19.3 Å². The normalized spacial score (nSPS) is 21.6. The van der Waals surface area contributed by atoms with Gasteiger partial charge in [0.05, 0.1) is 17.7 Å². The van der Waals surface area contributed by atoms with E-state index in [4.69, 9.17) is 19.5 Å². The van der Waals surface area contributed by atoms with E-state index in [1.54, 1.807) is 18.2 Å². The molecule has 0 radical (unpaired) electrons. The Morgan fingerprint density at radius 1 is 0.972 bits per heavy atom. The fourth-order valence-electron chi connectivity index (χ4n) is 5.16. The molecule has 9 heteroatoms. The summed E-state index contributed by atoms with van der Waals surface area (Å²) < 4.78 is 17.3. The summed E-state index contributed by atoms with van der Waals surface area (Å²) in [6.45, 7) is 4.63. The minimum Gasteiger partial charge on any atom is -0.486 e. The second-order valence-corrected chi connectivity index (χ2v) is 9.47. The first-order valence-electron chi connectivity index (χ1n) is 12.2. The number of carbonyl (C=O) groups excluding carboxylic acids is 1. The molecule has 5 rings (SSSR count). The average Bonchev–Trinajstić information content (AvgIpc) is 3.22. The summed E-state index contributed by atoms with van der Waals surface area (Å²) in [5.41, 5.74) is 1.82. The van der Waals surface area contributed by atoms with Crippen molar-refractivity contribution in [2.75, 3.05) is 39.4 Å². The number of carbonyl (C=O) groups is 1. The molecule has 0 saturated carbocycles. The van der Waals surface area contributed by atoms with Gasteiger partial charge in [-0.25, -0.2) is 4.79 Å². The Morgan fingerprint density at radius 3 is 2.50 bits per heavy atom. The van der Waals surface area contributed by atoms with Gasteiger partial charge in [-0.2, -0.15) is 32.3 Å². The zero-order valence-corrected chi connectivity index (χ0v) is 22.4. The zero-order valence-electron chi connectivity index (χ0n) is 20.4. The van der Waals surface area contributed by atoms with E-state index in [9.17, 15) is 4.79 Å². The number of cyclic esters (lactones) is 1. The topological polar surface area (TPSA) is 75.0 Å². The highest BCUT2D eigenvalue weighted by molar-refractivity contribution is 7.59. The molecule has 0 spiro atoms. The Hall–Kier alpha value is -2.54. The number of fused-ring (bicyclic) bond motifs is 1. The van der Waals surface area contributed by atoms with Gasteiger partial charge in [-0.1, -0.05) is 30.3 Å². The van der Waals surface area contributed by atoms with E-state index in [0.717, 1.165) is 51.9 Å².